The topological polar surface area (TPSA) is 116 Å². The van der Waals surface area contributed by atoms with E-state index >= 15 is 0 Å². The van der Waals surface area contributed by atoms with E-state index in [4.69, 9.17) is 11.1 Å². The third kappa shape index (κ3) is 5.28. The summed E-state index contributed by atoms with van der Waals surface area (Å²) in [6.45, 7) is 2.72. The fourth-order valence-electron chi connectivity index (χ4n) is 4.21. The lowest BCUT2D eigenvalue weighted by Gasteiger charge is -2.33. The second-order valence-electron chi connectivity index (χ2n) is 8.69. The van der Waals surface area contributed by atoms with E-state index in [1.165, 1.54) is 0 Å². The van der Waals surface area contributed by atoms with E-state index in [1.54, 1.807) is 48.5 Å². The maximum Gasteiger partial charge on any atom is 0.261 e. The van der Waals surface area contributed by atoms with Gasteiger partial charge in [0.2, 0.25) is 5.91 Å². The van der Waals surface area contributed by atoms with Gasteiger partial charge in [0.15, 0.2) is 0 Å². The molecule has 3 aromatic rings. The first-order chi connectivity index (χ1) is 16.2. The monoisotopic (exact) mass is 476 g/mol. The molecule has 1 heterocycles. The fourth-order valence-corrected chi connectivity index (χ4v) is 5.28. The summed E-state index contributed by atoms with van der Waals surface area (Å²) in [4.78, 5) is 15.1. The summed E-state index contributed by atoms with van der Waals surface area (Å²) in [5.74, 6) is 0.306. The highest BCUT2D eigenvalue weighted by atomic mass is 32.2. The summed E-state index contributed by atoms with van der Waals surface area (Å²) in [6, 6.07) is 21.0. The average molecular weight is 477 g/mol. The van der Waals surface area contributed by atoms with Gasteiger partial charge in [0, 0.05) is 29.9 Å². The van der Waals surface area contributed by atoms with Gasteiger partial charge in [-0.05, 0) is 60.2 Å². The summed E-state index contributed by atoms with van der Waals surface area (Å²) in [5.41, 5.74) is 9.43. The first-order valence-corrected chi connectivity index (χ1v) is 12.7. The van der Waals surface area contributed by atoms with E-state index in [9.17, 15) is 13.2 Å². The smallest absolute Gasteiger partial charge is 0.261 e. The van der Waals surface area contributed by atoms with Crippen LogP contribution in [0.15, 0.2) is 77.7 Å². The number of hydrogen-bond donors (Lipinski definition) is 3. The van der Waals surface area contributed by atoms with Crippen molar-refractivity contribution in [2.45, 2.75) is 31.1 Å². The number of nitrogens with two attached hydrogens (primary N) is 1. The summed E-state index contributed by atoms with van der Waals surface area (Å²) >= 11 is 0. The van der Waals surface area contributed by atoms with Crippen molar-refractivity contribution in [1.82, 2.24) is 0 Å². The number of fused-ring (bicyclic) bond motifs is 1. The van der Waals surface area contributed by atoms with Crippen molar-refractivity contribution in [3.05, 3.63) is 89.5 Å². The number of rotatable bonds is 7. The third-order valence-corrected chi connectivity index (χ3v) is 7.33. The molecule has 34 heavy (non-hydrogen) atoms. The van der Waals surface area contributed by atoms with Crippen LogP contribution in [0.5, 0.6) is 0 Å². The predicted molar refractivity (Wildman–Crippen MR) is 135 cm³/mol. The summed E-state index contributed by atoms with van der Waals surface area (Å²) in [7, 11) is -3.68. The van der Waals surface area contributed by atoms with Crippen LogP contribution in [-0.4, -0.2) is 26.7 Å². The minimum absolute atomic E-state index is 0.0203. The van der Waals surface area contributed by atoms with Crippen molar-refractivity contribution in [3.63, 3.8) is 0 Å². The molecular weight excluding hydrogens is 448 g/mol. The Balaban J connectivity index is 1.49. The molecule has 1 amide bonds. The molecule has 4 rings (SSSR count). The maximum atomic E-state index is 13.1. The molecule has 0 aromatic heterocycles. The number of amidine groups is 1. The minimum Gasteiger partial charge on any atom is -0.384 e. The van der Waals surface area contributed by atoms with Gasteiger partial charge < -0.3 is 10.6 Å². The van der Waals surface area contributed by atoms with Crippen LogP contribution >= 0.6 is 0 Å². The van der Waals surface area contributed by atoms with Crippen molar-refractivity contribution in [2.24, 2.45) is 11.7 Å². The first kappa shape index (κ1) is 23.5. The number of nitrogens with one attached hydrogen (secondary N) is 2. The molecule has 1 unspecified atom stereocenters. The van der Waals surface area contributed by atoms with Gasteiger partial charge in [-0.25, -0.2) is 8.42 Å². The number of aryl methyl sites for hydroxylation is 1. The Kier molecular flexibility index (Phi) is 6.70. The van der Waals surface area contributed by atoms with Crippen LogP contribution in [0.4, 0.5) is 11.4 Å². The van der Waals surface area contributed by atoms with Crippen molar-refractivity contribution < 1.29 is 13.2 Å². The van der Waals surface area contributed by atoms with E-state index in [2.05, 4.69) is 11.6 Å². The molecule has 0 saturated carbocycles. The third-order valence-electron chi connectivity index (χ3n) is 5.93. The zero-order valence-electron chi connectivity index (χ0n) is 19.0. The molecule has 176 valence electrons. The Labute approximate surface area is 200 Å². The number of nitrogens with zero attached hydrogens (tertiary/aromatic N) is 1. The lowest BCUT2D eigenvalue weighted by molar-refractivity contribution is -0.118. The molecule has 0 fully saturated rings. The Morgan fingerprint density at radius 1 is 1.09 bits per heavy atom. The van der Waals surface area contributed by atoms with Crippen molar-refractivity contribution in [3.8, 4) is 0 Å². The van der Waals surface area contributed by atoms with Crippen LogP contribution < -0.4 is 15.4 Å². The minimum atomic E-state index is -3.68. The van der Waals surface area contributed by atoms with E-state index in [-0.39, 0.29) is 22.6 Å². The number of benzene rings is 3. The van der Waals surface area contributed by atoms with Crippen LogP contribution in [0.2, 0.25) is 0 Å². The van der Waals surface area contributed by atoms with Gasteiger partial charge in [0.25, 0.3) is 10.0 Å². The van der Waals surface area contributed by atoms with Gasteiger partial charge in [0.05, 0.1) is 4.90 Å². The fraction of sp³-hybridized carbons (Fsp3) is 0.231. The number of anilines is 2. The van der Waals surface area contributed by atoms with Gasteiger partial charge in [-0.3, -0.25) is 14.9 Å². The quantitative estimate of drug-likeness (QED) is 0.354. The van der Waals surface area contributed by atoms with Gasteiger partial charge in [-0.1, -0.05) is 49.4 Å². The predicted octanol–water partition coefficient (Wildman–Crippen LogP) is 3.93. The van der Waals surface area contributed by atoms with Crippen molar-refractivity contribution in [1.29, 1.82) is 5.41 Å². The summed E-state index contributed by atoms with van der Waals surface area (Å²) < 4.78 is 28.0. The summed E-state index contributed by atoms with van der Waals surface area (Å²) in [5, 5.41) is 7.48. The number of carbonyl (C=O) groups excluding carboxylic acids is 1. The number of hydrogen-bond acceptors (Lipinski definition) is 4. The van der Waals surface area contributed by atoms with Gasteiger partial charge in [-0.2, -0.15) is 0 Å². The number of amides is 1. The maximum absolute atomic E-state index is 13.1. The second kappa shape index (κ2) is 9.69. The molecule has 0 saturated heterocycles. The van der Waals surface area contributed by atoms with Gasteiger partial charge >= 0.3 is 0 Å². The largest absolute Gasteiger partial charge is 0.384 e. The standard InChI is InChI=1S/C26H28N4O3S/c1-18-15-21-16-22(29-34(32,33)23-5-3-2-4-6-23)12-13-24(21)30(17-18)25(31)14-9-19-7-10-20(11-8-19)26(27)28/h2-8,10-13,16,18,29H,9,14-15,17H2,1H3,(H3,27,28). The van der Waals surface area contributed by atoms with Crippen LogP contribution in [0, 0.1) is 11.3 Å². The van der Waals surface area contributed by atoms with Gasteiger partial charge in [-0.15, -0.1) is 0 Å². The highest BCUT2D eigenvalue weighted by Gasteiger charge is 2.27. The van der Waals surface area contributed by atoms with E-state index < -0.39 is 10.0 Å². The summed E-state index contributed by atoms with van der Waals surface area (Å²) in [6.07, 6.45) is 1.71. The molecule has 7 nitrogen and oxygen atoms in total. The Morgan fingerprint density at radius 2 is 1.79 bits per heavy atom. The molecule has 8 heteroatoms. The van der Waals surface area contributed by atoms with Crippen LogP contribution in [-0.2, 0) is 27.7 Å². The molecule has 1 atom stereocenters. The number of carbonyl (C=O) groups is 1. The first-order valence-electron chi connectivity index (χ1n) is 11.2. The normalized spacial score (nSPS) is 15.4. The van der Waals surface area contributed by atoms with Gasteiger partial charge in [0.1, 0.15) is 5.84 Å². The SMILES string of the molecule is CC1Cc2cc(NS(=O)(=O)c3ccccc3)ccc2N(C(=O)CCc2ccc(C(=N)N)cc2)C1. The van der Waals surface area contributed by atoms with Crippen molar-refractivity contribution in [2.75, 3.05) is 16.2 Å². The molecule has 0 bridgehead atoms. The number of sulfonamides is 1. The second-order valence-corrected chi connectivity index (χ2v) is 10.4. The highest BCUT2D eigenvalue weighted by molar-refractivity contribution is 7.92. The Morgan fingerprint density at radius 3 is 2.47 bits per heavy atom. The highest BCUT2D eigenvalue weighted by Crippen LogP contribution is 2.33. The number of nitrogen functional groups attached to an aromatic ring is 1. The zero-order valence-corrected chi connectivity index (χ0v) is 19.8. The van der Waals surface area contributed by atoms with E-state index in [0.717, 1.165) is 23.2 Å². The Hall–Kier alpha value is -3.65. The van der Waals surface area contributed by atoms with Crippen LogP contribution in [0.25, 0.3) is 0 Å². The molecular formula is C26H28N4O3S. The Bertz CT molecular complexity index is 1310. The molecule has 0 spiro atoms. The molecule has 4 N–H and O–H groups in total. The van der Waals surface area contributed by atoms with Crippen LogP contribution in [0.3, 0.4) is 0 Å². The van der Waals surface area contributed by atoms with E-state index in [1.807, 2.05) is 29.2 Å². The van der Waals surface area contributed by atoms with Crippen LogP contribution in [0.1, 0.15) is 30.0 Å². The molecule has 0 aliphatic carbocycles. The van der Waals surface area contributed by atoms with E-state index in [0.29, 0.717) is 30.6 Å². The van der Waals surface area contributed by atoms with Crippen molar-refractivity contribution >= 4 is 33.1 Å². The molecule has 3 aromatic carbocycles. The lowest BCUT2D eigenvalue weighted by atomic mass is 9.93. The lowest BCUT2D eigenvalue weighted by Crippen LogP contribution is -2.39. The average Bonchev–Trinajstić information content (AvgIpc) is 2.82. The molecule has 1 aliphatic heterocycles. The zero-order chi connectivity index (χ0) is 24.3. The molecule has 0 radical (unpaired) electrons. The molecule has 1 aliphatic rings.